The number of carboxylic acid groups (broad SMARTS) is 1. The highest BCUT2D eigenvalue weighted by Crippen LogP contribution is 2.14. The Bertz CT molecular complexity index is 664. The Morgan fingerprint density at radius 2 is 2.04 bits per heavy atom. The molecule has 0 saturated carbocycles. The molecule has 1 aromatic carbocycles. The Morgan fingerprint density at radius 1 is 1.30 bits per heavy atom. The topological polar surface area (TPSA) is 93.5 Å². The first-order valence-corrected chi connectivity index (χ1v) is 7.37. The van der Waals surface area contributed by atoms with Crippen LogP contribution in [0.3, 0.4) is 0 Å². The van der Waals surface area contributed by atoms with Crippen LogP contribution in [0.15, 0.2) is 36.7 Å². The fourth-order valence-corrected chi connectivity index (χ4v) is 2.02. The van der Waals surface area contributed by atoms with Crippen molar-refractivity contribution in [3.63, 3.8) is 0 Å². The smallest absolute Gasteiger partial charge is 0.303 e. The van der Waals surface area contributed by atoms with Crippen molar-refractivity contribution in [2.75, 3.05) is 11.9 Å². The first-order chi connectivity index (χ1) is 11.1. The van der Waals surface area contributed by atoms with Gasteiger partial charge in [0.15, 0.2) is 0 Å². The van der Waals surface area contributed by atoms with Crippen LogP contribution in [0.5, 0.6) is 5.75 Å². The zero-order valence-corrected chi connectivity index (χ0v) is 12.9. The number of carbonyl (C=O) groups excluding carboxylic acids is 1. The minimum absolute atomic E-state index is 0.0910. The molecule has 0 aliphatic rings. The third-order valence-electron chi connectivity index (χ3n) is 3.10. The number of aliphatic carboxylic acids is 1. The molecule has 122 valence electrons. The summed E-state index contributed by atoms with van der Waals surface area (Å²) in [6, 6.07) is 6.87. The molecule has 2 rings (SSSR count). The normalized spacial score (nSPS) is 10.3. The number of nitrogens with one attached hydrogen (secondary N) is 1. The lowest BCUT2D eigenvalue weighted by atomic mass is 10.2. The van der Waals surface area contributed by atoms with Gasteiger partial charge in [-0.05, 0) is 37.6 Å². The molecule has 0 unspecified atom stereocenters. The van der Waals surface area contributed by atoms with E-state index in [-0.39, 0.29) is 12.3 Å². The molecule has 0 aliphatic carbocycles. The van der Waals surface area contributed by atoms with Crippen molar-refractivity contribution >= 4 is 17.6 Å². The van der Waals surface area contributed by atoms with Crippen LogP contribution in [0.25, 0.3) is 0 Å². The number of rotatable bonds is 8. The lowest BCUT2D eigenvalue weighted by Gasteiger charge is -2.05. The Labute approximate surface area is 133 Å². The molecule has 23 heavy (non-hydrogen) atoms. The number of aromatic nitrogens is 2. The number of ether oxygens (including phenoxy) is 1. The number of amides is 1. The molecule has 1 aromatic heterocycles. The highest BCUT2D eigenvalue weighted by molar-refractivity contribution is 6.04. The number of aryl methyl sites for hydroxylation is 1. The number of nitrogens with zero attached hydrogens (tertiary/aromatic N) is 2. The maximum Gasteiger partial charge on any atom is 0.303 e. The zero-order valence-electron chi connectivity index (χ0n) is 12.9. The Hall–Kier alpha value is -2.83. The predicted molar refractivity (Wildman–Crippen MR) is 84.7 cm³/mol. The number of carboxylic acids is 1. The van der Waals surface area contributed by atoms with Gasteiger partial charge in [0.1, 0.15) is 5.75 Å². The van der Waals surface area contributed by atoms with E-state index in [9.17, 15) is 9.59 Å². The van der Waals surface area contributed by atoms with Crippen molar-refractivity contribution in [3.05, 3.63) is 42.2 Å². The van der Waals surface area contributed by atoms with Gasteiger partial charge < -0.3 is 15.2 Å². The van der Waals surface area contributed by atoms with E-state index in [1.807, 2.05) is 6.92 Å². The SMILES string of the molecule is CCOc1ccc(C(=O)Nc2cnn(CCCC(=O)O)c2)cc1. The number of anilines is 1. The van der Waals surface area contributed by atoms with Crippen molar-refractivity contribution in [1.29, 1.82) is 0 Å². The second-order valence-corrected chi connectivity index (χ2v) is 4.90. The fraction of sp³-hybridized carbons (Fsp3) is 0.312. The molecular weight excluding hydrogens is 298 g/mol. The molecule has 0 saturated heterocycles. The van der Waals surface area contributed by atoms with Crippen LogP contribution in [0, 0.1) is 0 Å². The fourth-order valence-electron chi connectivity index (χ4n) is 2.02. The van der Waals surface area contributed by atoms with E-state index < -0.39 is 5.97 Å². The Kier molecular flexibility index (Phi) is 5.74. The summed E-state index contributed by atoms with van der Waals surface area (Å²) in [6.45, 7) is 2.96. The van der Waals surface area contributed by atoms with Gasteiger partial charge >= 0.3 is 5.97 Å². The summed E-state index contributed by atoms with van der Waals surface area (Å²) >= 11 is 0. The largest absolute Gasteiger partial charge is 0.494 e. The number of benzene rings is 1. The van der Waals surface area contributed by atoms with E-state index in [0.29, 0.717) is 30.8 Å². The van der Waals surface area contributed by atoms with Gasteiger partial charge in [0, 0.05) is 24.7 Å². The number of hydrogen-bond acceptors (Lipinski definition) is 4. The monoisotopic (exact) mass is 317 g/mol. The van der Waals surface area contributed by atoms with Crippen LogP contribution in [-0.2, 0) is 11.3 Å². The molecule has 0 atom stereocenters. The molecule has 1 amide bonds. The zero-order chi connectivity index (χ0) is 16.7. The number of carbonyl (C=O) groups is 2. The van der Waals surface area contributed by atoms with E-state index in [1.165, 1.54) is 6.20 Å². The van der Waals surface area contributed by atoms with Crippen LogP contribution in [-0.4, -0.2) is 33.4 Å². The lowest BCUT2D eigenvalue weighted by molar-refractivity contribution is -0.137. The van der Waals surface area contributed by atoms with E-state index in [4.69, 9.17) is 9.84 Å². The quantitative estimate of drug-likeness (QED) is 0.780. The van der Waals surface area contributed by atoms with Crippen molar-refractivity contribution < 1.29 is 19.4 Å². The highest BCUT2D eigenvalue weighted by atomic mass is 16.5. The number of hydrogen-bond donors (Lipinski definition) is 2. The minimum Gasteiger partial charge on any atom is -0.494 e. The maximum absolute atomic E-state index is 12.1. The summed E-state index contributed by atoms with van der Waals surface area (Å²) in [5, 5.41) is 15.4. The minimum atomic E-state index is -0.832. The highest BCUT2D eigenvalue weighted by Gasteiger charge is 2.08. The second kappa shape index (κ2) is 7.98. The van der Waals surface area contributed by atoms with E-state index in [0.717, 1.165) is 5.75 Å². The van der Waals surface area contributed by atoms with E-state index in [1.54, 1.807) is 35.1 Å². The molecule has 2 aromatic rings. The first kappa shape index (κ1) is 16.5. The molecule has 0 bridgehead atoms. The van der Waals surface area contributed by atoms with Crippen LogP contribution in [0.1, 0.15) is 30.1 Å². The van der Waals surface area contributed by atoms with Crippen molar-refractivity contribution in [3.8, 4) is 5.75 Å². The Balaban J connectivity index is 1.89. The summed E-state index contributed by atoms with van der Waals surface area (Å²) in [5.41, 5.74) is 1.09. The first-order valence-electron chi connectivity index (χ1n) is 7.37. The average Bonchev–Trinajstić information content (AvgIpc) is 2.95. The van der Waals surface area contributed by atoms with Crippen molar-refractivity contribution in [2.45, 2.75) is 26.3 Å². The van der Waals surface area contributed by atoms with Gasteiger partial charge in [-0.3, -0.25) is 14.3 Å². The van der Waals surface area contributed by atoms with Crippen molar-refractivity contribution in [1.82, 2.24) is 9.78 Å². The summed E-state index contributed by atoms with van der Waals surface area (Å²) in [4.78, 5) is 22.6. The Morgan fingerprint density at radius 3 is 2.70 bits per heavy atom. The summed E-state index contributed by atoms with van der Waals surface area (Å²) in [5.74, 6) is -0.352. The van der Waals surface area contributed by atoms with E-state index in [2.05, 4.69) is 10.4 Å². The van der Waals surface area contributed by atoms with Crippen LogP contribution in [0.4, 0.5) is 5.69 Å². The molecule has 0 aliphatic heterocycles. The average molecular weight is 317 g/mol. The molecule has 7 heteroatoms. The second-order valence-electron chi connectivity index (χ2n) is 4.90. The van der Waals surface area contributed by atoms with Gasteiger partial charge in [-0.1, -0.05) is 0 Å². The summed E-state index contributed by atoms with van der Waals surface area (Å²) in [6.07, 6.45) is 3.79. The van der Waals surface area contributed by atoms with Gasteiger partial charge in [0.25, 0.3) is 5.91 Å². The van der Waals surface area contributed by atoms with Gasteiger partial charge in [-0.25, -0.2) is 0 Å². The molecular formula is C16H19N3O4. The third-order valence-corrected chi connectivity index (χ3v) is 3.10. The molecule has 0 spiro atoms. The lowest BCUT2D eigenvalue weighted by Crippen LogP contribution is -2.11. The summed E-state index contributed by atoms with van der Waals surface area (Å²) in [7, 11) is 0. The predicted octanol–water partition coefficient (Wildman–Crippen LogP) is 2.40. The van der Waals surface area contributed by atoms with Crippen LogP contribution in [0.2, 0.25) is 0 Å². The molecule has 7 nitrogen and oxygen atoms in total. The van der Waals surface area contributed by atoms with E-state index >= 15 is 0 Å². The van der Waals surface area contributed by atoms with Gasteiger partial charge in [0.2, 0.25) is 0 Å². The van der Waals surface area contributed by atoms with Gasteiger partial charge in [-0.15, -0.1) is 0 Å². The maximum atomic E-state index is 12.1. The standard InChI is InChI=1S/C16H19N3O4/c1-2-23-14-7-5-12(6-8-14)16(22)18-13-10-17-19(11-13)9-3-4-15(20)21/h5-8,10-11H,2-4,9H2,1H3,(H,18,22)(H,20,21). The molecule has 1 heterocycles. The third kappa shape index (κ3) is 5.14. The van der Waals surface area contributed by atoms with Gasteiger partial charge in [-0.2, -0.15) is 5.10 Å². The van der Waals surface area contributed by atoms with Crippen molar-refractivity contribution in [2.24, 2.45) is 0 Å². The van der Waals surface area contributed by atoms with Crippen LogP contribution < -0.4 is 10.1 Å². The molecule has 2 N–H and O–H groups in total. The van der Waals surface area contributed by atoms with Crippen LogP contribution >= 0.6 is 0 Å². The summed E-state index contributed by atoms with van der Waals surface area (Å²) < 4.78 is 6.94. The molecule has 0 radical (unpaired) electrons. The van der Waals surface area contributed by atoms with Gasteiger partial charge in [0.05, 0.1) is 18.5 Å². The molecule has 0 fully saturated rings.